The number of anilines is 1. The number of carbonyl (C=O) groups excluding carboxylic acids is 2. The molecule has 19 heavy (non-hydrogen) atoms. The molecule has 1 aliphatic rings. The van der Waals surface area contributed by atoms with Crippen molar-refractivity contribution in [2.45, 2.75) is 19.3 Å². The van der Waals surface area contributed by atoms with E-state index in [2.05, 4.69) is 25.9 Å². The fraction of sp³-hybridized carbons (Fsp3) is 0.545. The Morgan fingerprint density at radius 3 is 2.68 bits per heavy atom. The predicted octanol–water partition coefficient (Wildman–Crippen LogP) is -0.761. The molecule has 8 nitrogen and oxygen atoms in total. The van der Waals surface area contributed by atoms with E-state index in [0.717, 1.165) is 25.9 Å². The Balaban J connectivity index is 1.74. The first-order valence-corrected chi connectivity index (χ1v) is 6.27. The molecule has 1 aromatic rings. The minimum Gasteiger partial charge on any atom is -0.383 e. The van der Waals surface area contributed by atoms with Gasteiger partial charge in [-0.1, -0.05) is 6.42 Å². The zero-order chi connectivity index (χ0) is 13.7. The van der Waals surface area contributed by atoms with Crippen molar-refractivity contribution >= 4 is 17.6 Å². The number of hydrogen-bond donors (Lipinski definition) is 4. The van der Waals surface area contributed by atoms with Crippen molar-refractivity contribution < 1.29 is 9.59 Å². The van der Waals surface area contributed by atoms with E-state index in [9.17, 15) is 9.59 Å². The van der Waals surface area contributed by atoms with Gasteiger partial charge in [0.1, 0.15) is 11.4 Å². The van der Waals surface area contributed by atoms with Gasteiger partial charge in [-0.05, 0) is 25.9 Å². The molecule has 1 fully saturated rings. The van der Waals surface area contributed by atoms with Gasteiger partial charge in [0.2, 0.25) is 0 Å². The number of aromatic amines is 1. The Hall–Kier alpha value is -2.09. The standard InChI is InChI=1S/C11H18N6O2/c12-10-8(6-13-15-10)11(19)16-14-9(18)7-17-4-2-1-3-5-17/h6H,1-5,7H2,(H,14,18)(H,16,19)(H3,12,13,15). The summed E-state index contributed by atoms with van der Waals surface area (Å²) in [6.07, 6.45) is 4.76. The van der Waals surface area contributed by atoms with Gasteiger partial charge < -0.3 is 5.73 Å². The molecule has 0 unspecified atom stereocenters. The Morgan fingerprint density at radius 2 is 2.05 bits per heavy atom. The van der Waals surface area contributed by atoms with E-state index in [0.29, 0.717) is 6.54 Å². The molecule has 0 aromatic carbocycles. The lowest BCUT2D eigenvalue weighted by molar-refractivity contribution is -0.123. The molecule has 8 heteroatoms. The third-order valence-corrected chi connectivity index (χ3v) is 3.04. The van der Waals surface area contributed by atoms with Crippen molar-refractivity contribution in [2.75, 3.05) is 25.4 Å². The van der Waals surface area contributed by atoms with Crippen molar-refractivity contribution in [1.82, 2.24) is 25.9 Å². The highest BCUT2D eigenvalue weighted by Crippen LogP contribution is 2.07. The summed E-state index contributed by atoms with van der Waals surface area (Å²) in [7, 11) is 0. The highest BCUT2D eigenvalue weighted by Gasteiger charge is 2.15. The van der Waals surface area contributed by atoms with Crippen LogP contribution in [0.1, 0.15) is 29.6 Å². The van der Waals surface area contributed by atoms with Crippen LogP contribution in [0.4, 0.5) is 5.82 Å². The van der Waals surface area contributed by atoms with Crippen LogP contribution in [0, 0.1) is 0 Å². The van der Waals surface area contributed by atoms with Crippen molar-refractivity contribution in [2.24, 2.45) is 0 Å². The number of likely N-dealkylation sites (tertiary alicyclic amines) is 1. The largest absolute Gasteiger partial charge is 0.383 e. The van der Waals surface area contributed by atoms with Gasteiger partial charge >= 0.3 is 0 Å². The number of hydrogen-bond acceptors (Lipinski definition) is 5. The van der Waals surface area contributed by atoms with Crippen LogP contribution < -0.4 is 16.6 Å². The fourth-order valence-electron chi connectivity index (χ4n) is 2.03. The highest BCUT2D eigenvalue weighted by molar-refractivity contribution is 5.98. The van der Waals surface area contributed by atoms with E-state index in [1.54, 1.807) is 0 Å². The van der Waals surface area contributed by atoms with E-state index in [1.807, 2.05) is 0 Å². The second-order valence-corrected chi connectivity index (χ2v) is 4.54. The molecule has 1 saturated heterocycles. The molecular weight excluding hydrogens is 248 g/mol. The molecule has 0 radical (unpaired) electrons. The van der Waals surface area contributed by atoms with Crippen molar-refractivity contribution in [3.05, 3.63) is 11.8 Å². The lowest BCUT2D eigenvalue weighted by atomic mass is 10.1. The maximum absolute atomic E-state index is 11.6. The van der Waals surface area contributed by atoms with Gasteiger partial charge in [0.05, 0.1) is 12.7 Å². The van der Waals surface area contributed by atoms with Gasteiger partial charge in [-0.3, -0.25) is 30.4 Å². The number of nitrogens with zero attached hydrogens (tertiary/aromatic N) is 2. The monoisotopic (exact) mass is 266 g/mol. The smallest absolute Gasteiger partial charge is 0.275 e. The molecule has 0 saturated carbocycles. The molecule has 0 bridgehead atoms. The molecule has 2 heterocycles. The molecule has 1 aromatic heterocycles. The summed E-state index contributed by atoms with van der Waals surface area (Å²) in [5, 5.41) is 6.08. The van der Waals surface area contributed by atoms with E-state index < -0.39 is 5.91 Å². The average molecular weight is 266 g/mol. The third kappa shape index (κ3) is 3.68. The Labute approximate surface area is 110 Å². The maximum atomic E-state index is 11.6. The summed E-state index contributed by atoms with van der Waals surface area (Å²) in [6.45, 7) is 2.15. The zero-order valence-corrected chi connectivity index (χ0v) is 10.6. The van der Waals surface area contributed by atoms with Gasteiger partial charge in [0, 0.05) is 0 Å². The number of aromatic nitrogens is 2. The number of nitrogens with two attached hydrogens (primary N) is 1. The second-order valence-electron chi connectivity index (χ2n) is 4.54. The first kappa shape index (κ1) is 13.3. The molecule has 0 spiro atoms. The third-order valence-electron chi connectivity index (χ3n) is 3.04. The highest BCUT2D eigenvalue weighted by atomic mass is 16.2. The SMILES string of the molecule is Nc1[nH]ncc1C(=O)NNC(=O)CN1CCCCC1. The van der Waals surface area contributed by atoms with Crippen LogP contribution in [-0.4, -0.2) is 46.5 Å². The lowest BCUT2D eigenvalue weighted by Crippen LogP contribution is -2.47. The van der Waals surface area contributed by atoms with E-state index in [-0.39, 0.29) is 17.3 Å². The summed E-state index contributed by atoms with van der Waals surface area (Å²) in [4.78, 5) is 25.4. The topological polar surface area (TPSA) is 116 Å². The molecule has 0 aliphatic carbocycles. The predicted molar refractivity (Wildman–Crippen MR) is 68.9 cm³/mol. The number of nitrogen functional groups attached to an aromatic ring is 1. The van der Waals surface area contributed by atoms with Crippen LogP contribution in [0.15, 0.2) is 6.20 Å². The lowest BCUT2D eigenvalue weighted by Gasteiger charge is -2.25. The number of nitrogens with one attached hydrogen (secondary N) is 3. The summed E-state index contributed by atoms with van der Waals surface area (Å²) < 4.78 is 0. The Bertz CT molecular complexity index is 452. The molecule has 5 N–H and O–H groups in total. The molecule has 2 amide bonds. The van der Waals surface area contributed by atoms with E-state index >= 15 is 0 Å². The van der Waals surface area contributed by atoms with Gasteiger partial charge in [0.15, 0.2) is 0 Å². The van der Waals surface area contributed by atoms with Crippen molar-refractivity contribution in [3.8, 4) is 0 Å². The zero-order valence-electron chi connectivity index (χ0n) is 10.6. The minimum atomic E-state index is -0.488. The second kappa shape index (κ2) is 6.19. The number of rotatable bonds is 3. The fourth-order valence-corrected chi connectivity index (χ4v) is 2.03. The van der Waals surface area contributed by atoms with Gasteiger partial charge in [-0.15, -0.1) is 0 Å². The maximum Gasteiger partial charge on any atom is 0.275 e. The van der Waals surface area contributed by atoms with Crippen molar-refractivity contribution in [3.63, 3.8) is 0 Å². The first-order chi connectivity index (χ1) is 9.16. The van der Waals surface area contributed by atoms with Gasteiger partial charge in [-0.25, -0.2) is 0 Å². The van der Waals surface area contributed by atoms with E-state index in [1.165, 1.54) is 12.6 Å². The van der Waals surface area contributed by atoms with Crippen LogP contribution in [0.2, 0.25) is 0 Å². The summed E-state index contributed by atoms with van der Waals surface area (Å²) >= 11 is 0. The quantitative estimate of drug-likeness (QED) is 0.537. The molecule has 1 aliphatic heterocycles. The number of H-pyrrole nitrogens is 1. The van der Waals surface area contributed by atoms with Crippen molar-refractivity contribution in [1.29, 1.82) is 0 Å². The summed E-state index contributed by atoms with van der Waals surface area (Å²) in [5.41, 5.74) is 10.4. The number of hydrazine groups is 1. The van der Waals surface area contributed by atoms with Gasteiger partial charge in [0.25, 0.3) is 11.8 Å². The van der Waals surface area contributed by atoms with Crippen LogP contribution in [0.5, 0.6) is 0 Å². The minimum absolute atomic E-state index is 0.169. The average Bonchev–Trinajstić information content (AvgIpc) is 2.83. The van der Waals surface area contributed by atoms with Gasteiger partial charge in [-0.2, -0.15) is 5.10 Å². The summed E-state index contributed by atoms with van der Waals surface area (Å²) in [6, 6.07) is 0. The van der Waals surface area contributed by atoms with Crippen LogP contribution in [-0.2, 0) is 4.79 Å². The molecular formula is C11H18N6O2. The number of piperidine rings is 1. The molecule has 2 rings (SSSR count). The molecule has 104 valence electrons. The Morgan fingerprint density at radius 1 is 1.32 bits per heavy atom. The normalized spacial score (nSPS) is 16.0. The summed E-state index contributed by atoms with van der Waals surface area (Å²) in [5.74, 6) is -0.557. The number of amides is 2. The van der Waals surface area contributed by atoms with Crippen LogP contribution >= 0.6 is 0 Å². The van der Waals surface area contributed by atoms with Crippen LogP contribution in [0.3, 0.4) is 0 Å². The Kier molecular flexibility index (Phi) is 4.35. The van der Waals surface area contributed by atoms with Crippen LogP contribution in [0.25, 0.3) is 0 Å². The number of carbonyl (C=O) groups is 2. The molecule has 0 atom stereocenters. The first-order valence-electron chi connectivity index (χ1n) is 6.27. The van der Waals surface area contributed by atoms with E-state index in [4.69, 9.17) is 5.73 Å².